The minimum atomic E-state index is -0.103. The third kappa shape index (κ3) is 3.47. The summed E-state index contributed by atoms with van der Waals surface area (Å²) in [5.74, 6) is 0.721. The SMILES string of the molecule is CC1(C)c2cc3ccccc3cc2-c2c(-c3cc(-c4ccncc4)nc(-c4ccccc4)n3)cccc21. The topological polar surface area (TPSA) is 38.7 Å². The number of pyridine rings is 1. The third-order valence-corrected chi connectivity index (χ3v) is 7.58. The van der Waals surface area contributed by atoms with Gasteiger partial charge >= 0.3 is 0 Å². The second kappa shape index (κ2) is 8.21. The zero-order valence-corrected chi connectivity index (χ0v) is 20.8. The quantitative estimate of drug-likeness (QED) is 0.258. The summed E-state index contributed by atoms with van der Waals surface area (Å²) in [6, 6.07) is 36.3. The van der Waals surface area contributed by atoms with Crippen molar-refractivity contribution in [2.24, 2.45) is 0 Å². The molecule has 0 N–H and O–H groups in total. The highest BCUT2D eigenvalue weighted by Crippen LogP contribution is 2.53. The zero-order valence-electron chi connectivity index (χ0n) is 20.8. The van der Waals surface area contributed by atoms with Crippen molar-refractivity contribution >= 4 is 10.8 Å². The van der Waals surface area contributed by atoms with Crippen LogP contribution in [-0.2, 0) is 5.41 Å². The summed E-state index contributed by atoms with van der Waals surface area (Å²) >= 11 is 0. The molecule has 0 saturated carbocycles. The fraction of sp³-hybridized carbons (Fsp3) is 0.0882. The van der Waals surface area contributed by atoms with Crippen LogP contribution in [0.2, 0.25) is 0 Å². The maximum atomic E-state index is 5.13. The van der Waals surface area contributed by atoms with E-state index >= 15 is 0 Å². The van der Waals surface area contributed by atoms with E-state index in [2.05, 4.69) is 91.6 Å². The van der Waals surface area contributed by atoms with Crippen LogP contribution in [0, 0.1) is 0 Å². The van der Waals surface area contributed by atoms with Crippen LogP contribution < -0.4 is 0 Å². The van der Waals surface area contributed by atoms with Gasteiger partial charge in [-0.2, -0.15) is 0 Å². The van der Waals surface area contributed by atoms with Gasteiger partial charge in [-0.1, -0.05) is 86.6 Å². The molecular formula is C34H25N3. The Hall–Kier alpha value is -4.63. The van der Waals surface area contributed by atoms with Crippen LogP contribution >= 0.6 is 0 Å². The van der Waals surface area contributed by atoms with E-state index < -0.39 is 0 Å². The van der Waals surface area contributed by atoms with E-state index in [1.165, 1.54) is 33.0 Å². The van der Waals surface area contributed by atoms with E-state index in [0.717, 1.165) is 33.9 Å². The van der Waals surface area contributed by atoms with Gasteiger partial charge < -0.3 is 0 Å². The van der Waals surface area contributed by atoms with Gasteiger partial charge in [0, 0.05) is 34.5 Å². The van der Waals surface area contributed by atoms with Crippen LogP contribution in [0.15, 0.2) is 116 Å². The van der Waals surface area contributed by atoms with Gasteiger partial charge in [0.1, 0.15) is 0 Å². The minimum absolute atomic E-state index is 0.103. The lowest BCUT2D eigenvalue weighted by atomic mass is 9.81. The molecule has 3 nitrogen and oxygen atoms in total. The van der Waals surface area contributed by atoms with Crippen LogP contribution in [0.5, 0.6) is 0 Å². The molecule has 3 heteroatoms. The molecule has 176 valence electrons. The van der Waals surface area contributed by atoms with Crippen LogP contribution in [0.3, 0.4) is 0 Å². The molecule has 37 heavy (non-hydrogen) atoms. The summed E-state index contributed by atoms with van der Waals surface area (Å²) in [6.07, 6.45) is 3.62. The molecule has 2 heterocycles. The van der Waals surface area contributed by atoms with Crippen molar-refractivity contribution < 1.29 is 0 Å². The lowest BCUT2D eigenvalue weighted by Gasteiger charge is -2.22. The van der Waals surface area contributed by atoms with Gasteiger partial charge in [-0.15, -0.1) is 0 Å². The molecule has 0 bridgehead atoms. The number of hydrogen-bond acceptors (Lipinski definition) is 3. The standard InChI is InChI=1S/C34H25N3/c1-34(2)28-14-8-13-26(32(28)27-19-24-11-6-7-12-25(24)20-29(27)34)31-21-30(22-15-17-35-18-16-22)36-33(37-31)23-9-4-3-5-10-23/h3-21H,1-2H3. The van der Waals surface area contributed by atoms with Gasteiger partial charge in [0.2, 0.25) is 0 Å². The molecular weight excluding hydrogens is 450 g/mol. The number of benzene rings is 4. The van der Waals surface area contributed by atoms with Crippen molar-refractivity contribution in [2.75, 3.05) is 0 Å². The van der Waals surface area contributed by atoms with Crippen molar-refractivity contribution in [3.05, 3.63) is 127 Å². The number of aromatic nitrogens is 3. The minimum Gasteiger partial charge on any atom is -0.265 e. The maximum Gasteiger partial charge on any atom is 0.160 e. The molecule has 1 aliphatic rings. The highest BCUT2D eigenvalue weighted by molar-refractivity contribution is 5.98. The Bertz CT molecular complexity index is 1730. The first-order valence-electron chi connectivity index (χ1n) is 12.6. The molecule has 0 amide bonds. The van der Waals surface area contributed by atoms with Gasteiger partial charge in [-0.05, 0) is 63.4 Å². The van der Waals surface area contributed by atoms with Gasteiger partial charge in [0.25, 0.3) is 0 Å². The van der Waals surface area contributed by atoms with Gasteiger partial charge in [0.05, 0.1) is 11.4 Å². The molecule has 0 atom stereocenters. The summed E-state index contributed by atoms with van der Waals surface area (Å²) in [4.78, 5) is 14.3. The fourth-order valence-corrected chi connectivity index (χ4v) is 5.66. The first-order valence-corrected chi connectivity index (χ1v) is 12.6. The second-order valence-electron chi connectivity index (χ2n) is 10.2. The number of hydrogen-bond donors (Lipinski definition) is 0. The molecule has 7 rings (SSSR count). The summed E-state index contributed by atoms with van der Waals surface area (Å²) in [6.45, 7) is 4.65. The molecule has 0 fully saturated rings. The Morgan fingerprint density at radius 3 is 2.03 bits per heavy atom. The molecule has 0 aliphatic heterocycles. The Balaban J connectivity index is 1.51. The highest BCUT2D eigenvalue weighted by Gasteiger charge is 2.37. The lowest BCUT2D eigenvalue weighted by Crippen LogP contribution is -2.14. The Labute approximate surface area is 216 Å². The van der Waals surface area contributed by atoms with E-state index in [1.807, 2.05) is 42.7 Å². The van der Waals surface area contributed by atoms with E-state index in [0.29, 0.717) is 0 Å². The summed E-state index contributed by atoms with van der Waals surface area (Å²) in [5.41, 5.74) is 10.1. The number of nitrogens with zero attached hydrogens (tertiary/aromatic N) is 3. The van der Waals surface area contributed by atoms with Crippen molar-refractivity contribution in [2.45, 2.75) is 19.3 Å². The Morgan fingerprint density at radius 2 is 1.24 bits per heavy atom. The molecule has 0 unspecified atom stereocenters. The van der Waals surface area contributed by atoms with Crippen molar-refractivity contribution in [1.29, 1.82) is 0 Å². The third-order valence-electron chi connectivity index (χ3n) is 7.58. The van der Waals surface area contributed by atoms with E-state index in [4.69, 9.17) is 9.97 Å². The Morgan fingerprint density at radius 1 is 0.541 bits per heavy atom. The van der Waals surface area contributed by atoms with E-state index in [9.17, 15) is 0 Å². The largest absolute Gasteiger partial charge is 0.265 e. The average molecular weight is 476 g/mol. The van der Waals surface area contributed by atoms with Gasteiger partial charge in [-0.25, -0.2) is 9.97 Å². The molecule has 1 aliphatic carbocycles. The first kappa shape index (κ1) is 21.6. The van der Waals surface area contributed by atoms with E-state index in [1.54, 1.807) is 0 Å². The smallest absolute Gasteiger partial charge is 0.160 e. The molecule has 0 radical (unpaired) electrons. The number of rotatable bonds is 3. The highest BCUT2D eigenvalue weighted by atomic mass is 14.9. The fourth-order valence-electron chi connectivity index (χ4n) is 5.66. The second-order valence-corrected chi connectivity index (χ2v) is 10.2. The van der Waals surface area contributed by atoms with Crippen LogP contribution in [0.25, 0.3) is 55.8 Å². The lowest BCUT2D eigenvalue weighted by molar-refractivity contribution is 0.661. The number of fused-ring (bicyclic) bond motifs is 4. The van der Waals surface area contributed by atoms with Crippen molar-refractivity contribution in [3.63, 3.8) is 0 Å². The summed E-state index contributed by atoms with van der Waals surface area (Å²) in [7, 11) is 0. The predicted molar refractivity (Wildman–Crippen MR) is 151 cm³/mol. The summed E-state index contributed by atoms with van der Waals surface area (Å²) in [5, 5.41) is 2.53. The van der Waals surface area contributed by atoms with Crippen molar-refractivity contribution in [1.82, 2.24) is 15.0 Å². The molecule has 0 spiro atoms. The zero-order chi connectivity index (χ0) is 25.0. The average Bonchev–Trinajstić information content (AvgIpc) is 3.18. The van der Waals surface area contributed by atoms with Crippen molar-refractivity contribution in [3.8, 4) is 45.0 Å². The Kier molecular flexibility index (Phi) is 4.80. The van der Waals surface area contributed by atoms with Crippen LogP contribution in [0.4, 0.5) is 0 Å². The summed E-state index contributed by atoms with van der Waals surface area (Å²) < 4.78 is 0. The maximum absolute atomic E-state index is 5.13. The molecule has 0 saturated heterocycles. The first-order chi connectivity index (χ1) is 18.1. The van der Waals surface area contributed by atoms with Gasteiger partial charge in [-0.3, -0.25) is 4.98 Å². The molecule has 6 aromatic rings. The van der Waals surface area contributed by atoms with Crippen LogP contribution in [0.1, 0.15) is 25.0 Å². The monoisotopic (exact) mass is 475 g/mol. The van der Waals surface area contributed by atoms with Crippen LogP contribution in [-0.4, -0.2) is 15.0 Å². The molecule has 4 aromatic carbocycles. The van der Waals surface area contributed by atoms with Gasteiger partial charge in [0.15, 0.2) is 5.82 Å². The van der Waals surface area contributed by atoms with E-state index in [-0.39, 0.29) is 5.41 Å². The predicted octanol–water partition coefficient (Wildman–Crippen LogP) is 8.33. The molecule has 2 aromatic heterocycles. The normalized spacial score (nSPS) is 13.4.